The van der Waals surface area contributed by atoms with Crippen LogP contribution in [0.15, 0.2) is 42.5 Å². The van der Waals surface area contributed by atoms with E-state index in [1.807, 2.05) is 0 Å². The second-order valence-electron chi connectivity index (χ2n) is 7.97. The fourth-order valence-electron chi connectivity index (χ4n) is 3.62. The first kappa shape index (κ1) is 24.0. The van der Waals surface area contributed by atoms with Gasteiger partial charge in [0, 0.05) is 36.1 Å². The quantitative estimate of drug-likeness (QED) is 0.365. The summed E-state index contributed by atoms with van der Waals surface area (Å²) in [7, 11) is 1.49. The number of carbonyl (C=O) groups excluding carboxylic acids is 2. The van der Waals surface area contributed by atoms with Crippen LogP contribution >= 0.6 is 0 Å². The standard InChI is InChI=1S/C24H24F2N6O3/c1-35-24-30-22(29-23(31-24)32-11-3-2-4-12-32)28-16-7-5-15(6-8-16)20(33)14-21(34)27-17-9-10-18(25)19(26)13-17/h5-10,13H,2-4,11-12,14H2,1H3,(H,27,34)(H,28,29,30,31). The lowest BCUT2D eigenvalue weighted by Crippen LogP contribution is -2.31. The van der Waals surface area contributed by atoms with Gasteiger partial charge in [-0.1, -0.05) is 0 Å². The number of carbonyl (C=O) groups is 2. The zero-order chi connectivity index (χ0) is 24.8. The molecule has 0 saturated carbocycles. The van der Waals surface area contributed by atoms with Crippen molar-refractivity contribution in [2.24, 2.45) is 0 Å². The highest BCUT2D eigenvalue weighted by atomic mass is 19.2. The minimum absolute atomic E-state index is 0.0675. The SMILES string of the molecule is COc1nc(Nc2ccc(C(=O)CC(=O)Nc3ccc(F)c(F)c3)cc2)nc(N2CCCCC2)n1. The fourth-order valence-corrected chi connectivity index (χ4v) is 3.62. The van der Waals surface area contributed by atoms with Gasteiger partial charge in [0.1, 0.15) is 0 Å². The first-order valence-corrected chi connectivity index (χ1v) is 11.1. The number of Topliss-reactive ketones (excluding diaryl/α,β-unsaturated/α-hetero) is 1. The van der Waals surface area contributed by atoms with Crippen LogP contribution in [0.4, 0.5) is 32.1 Å². The zero-order valence-electron chi connectivity index (χ0n) is 19.1. The van der Waals surface area contributed by atoms with Gasteiger partial charge in [-0.25, -0.2) is 8.78 Å². The van der Waals surface area contributed by atoms with Crippen molar-refractivity contribution in [2.45, 2.75) is 25.7 Å². The number of hydrogen-bond acceptors (Lipinski definition) is 8. The molecule has 1 fully saturated rings. The Labute approximate surface area is 200 Å². The molecule has 0 unspecified atom stereocenters. The zero-order valence-corrected chi connectivity index (χ0v) is 19.1. The van der Waals surface area contributed by atoms with Crippen LogP contribution in [0.3, 0.4) is 0 Å². The van der Waals surface area contributed by atoms with E-state index in [1.54, 1.807) is 24.3 Å². The predicted octanol–water partition coefficient (Wildman–Crippen LogP) is 4.10. The molecular formula is C24H24F2N6O3. The molecule has 182 valence electrons. The maximum Gasteiger partial charge on any atom is 0.322 e. The van der Waals surface area contributed by atoms with Gasteiger partial charge in [0.25, 0.3) is 0 Å². The van der Waals surface area contributed by atoms with Gasteiger partial charge in [-0.15, -0.1) is 0 Å². The number of aromatic nitrogens is 3. The first-order valence-electron chi connectivity index (χ1n) is 11.1. The number of nitrogens with one attached hydrogen (secondary N) is 2. The maximum atomic E-state index is 13.3. The Bertz CT molecular complexity index is 1220. The molecule has 1 aliphatic rings. The molecule has 3 aromatic rings. The Balaban J connectivity index is 1.39. The van der Waals surface area contributed by atoms with Crippen molar-refractivity contribution in [3.8, 4) is 6.01 Å². The molecule has 1 aromatic heterocycles. The van der Waals surface area contributed by atoms with E-state index in [1.165, 1.54) is 19.6 Å². The Morgan fingerprint density at radius 2 is 1.66 bits per heavy atom. The second-order valence-corrected chi connectivity index (χ2v) is 7.97. The smallest absolute Gasteiger partial charge is 0.322 e. The third-order valence-corrected chi connectivity index (χ3v) is 5.41. The molecule has 1 amide bonds. The third-order valence-electron chi connectivity index (χ3n) is 5.41. The van der Waals surface area contributed by atoms with Crippen LogP contribution < -0.4 is 20.3 Å². The monoisotopic (exact) mass is 482 g/mol. The number of halogens is 2. The van der Waals surface area contributed by atoms with Crippen LogP contribution in [0.1, 0.15) is 36.0 Å². The molecule has 0 bridgehead atoms. The van der Waals surface area contributed by atoms with Gasteiger partial charge >= 0.3 is 6.01 Å². The summed E-state index contributed by atoms with van der Waals surface area (Å²) < 4.78 is 31.5. The highest BCUT2D eigenvalue weighted by Crippen LogP contribution is 2.22. The normalized spacial score (nSPS) is 13.3. The van der Waals surface area contributed by atoms with Crippen LogP contribution in [0.5, 0.6) is 6.01 Å². The molecule has 9 nitrogen and oxygen atoms in total. The number of ether oxygens (including phenoxy) is 1. The van der Waals surface area contributed by atoms with Crippen molar-refractivity contribution in [1.29, 1.82) is 0 Å². The Morgan fingerprint density at radius 3 is 2.34 bits per heavy atom. The number of anilines is 4. The van der Waals surface area contributed by atoms with E-state index >= 15 is 0 Å². The molecule has 11 heteroatoms. The summed E-state index contributed by atoms with van der Waals surface area (Å²) >= 11 is 0. The summed E-state index contributed by atoms with van der Waals surface area (Å²) in [6, 6.07) is 9.63. The number of methoxy groups -OCH3 is 1. The minimum atomic E-state index is -1.09. The van der Waals surface area contributed by atoms with Crippen molar-refractivity contribution in [2.75, 3.05) is 35.7 Å². The van der Waals surface area contributed by atoms with Gasteiger partial charge in [0.2, 0.25) is 17.8 Å². The van der Waals surface area contributed by atoms with E-state index < -0.39 is 29.7 Å². The molecule has 0 radical (unpaired) electrons. The lowest BCUT2D eigenvalue weighted by molar-refractivity contribution is -0.115. The van der Waals surface area contributed by atoms with Gasteiger partial charge in [0.05, 0.1) is 13.5 Å². The molecule has 2 N–H and O–H groups in total. The number of rotatable bonds is 8. The number of benzene rings is 2. The molecule has 1 saturated heterocycles. The number of hydrogen-bond donors (Lipinski definition) is 2. The topological polar surface area (TPSA) is 109 Å². The average molecular weight is 482 g/mol. The molecule has 35 heavy (non-hydrogen) atoms. The van der Waals surface area contributed by atoms with Gasteiger partial charge in [0.15, 0.2) is 17.4 Å². The summed E-state index contributed by atoms with van der Waals surface area (Å²) in [5.74, 6) is -2.32. The number of piperidine rings is 1. The van der Waals surface area contributed by atoms with Crippen LogP contribution in [0, 0.1) is 11.6 Å². The van der Waals surface area contributed by atoms with E-state index in [2.05, 4.69) is 30.5 Å². The van der Waals surface area contributed by atoms with E-state index in [4.69, 9.17) is 4.74 Å². The molecule has 4 rings (SSSR count). The predicted molar refractivity (Wildman–Crippen MR) is 126 cm³/mol. The Hall–Kier alpha value is -4.15. The molecular weight excluding hydrogens is 458 g/mol. The maximum absolute atomic E-state index is 13.3. The van der Waals surface area contributed by atoms with Gasteiger partial charge < -0.3 is 20.3 Å². The van der Waals surface area contributed by atoms with E-state index in [-0.39, 0.29) is 11.7 Å². The number of ketones is 1. The van der Waals surface area contributed by atoms with Gasteiger partial charge in [-0.3, -0.25) is 9.59 Å². The molecule has 0 spiro atoms. The van der Waals surface area contributed by atoms with Crippen LogP contribution in [0.25, 0.3) is 0 Å². The Morgan fingerprint density at radius 1 is 0.943 bits per heavy atom. The van der Waals surface area contributed by atoms with Crippen LogP contribution in [-0.2, 0) is 4.79 Å². The Kier molecular flexibility index (Phi) is 7.44. The lowest BCUT2D eigenvalue weighted by atomic mass is 10.1. The van der Waals surface area contributed by atoms with Crippen LogP contribution in [-0.4, -0.2) is 46.8 Å². The van der Waals surface area contributed by atoms with E-state index in [9.17, 15) is 18.4 Å². The van der Waals surface area contributed by atoms with Crippen molar-refractivity contribution in [3.63, 3.8) is 0 Å². The summed E-state index contributed by atoms with van der Waals surface area (Å²) in [6.45, 7) is 1.74. The summed E-state index contributed by atoms with van der Waals surface area (Å²) in [6.07, 6.45) is 2.88. The molecule has 2 heterocycles. The summed E-state index contributed by atoms with van der Waals surface area (Å²) in [5.41, 5.74) is 1.02. The average Bonchev–Trinajstić information content (AvgIpc) is 2.87. The lowest BCUT2D eigenvalue weighted by Gasteiger charge is -2.26. The largest absolute Gasteiger partial charge is 0.467 e. The summed E-state index contributed by atoms with van der Waals surface area (Å²) in [4.78, 5) is 39.8. The number of nitrogens with zero attached hydrogens (tertiary/aromatic N) is 4. The van der Waals surface area contributed by atoms with Crippen molar-refractivity contribution in [1.82, 2.24) is 15.0 Å². The van der Waals surface area contributed by atoms with Crippen molar-refractivity contribution in [3.05, 3.63) is 59.7 Å². The van der Waals surface area contributed by atoms with Gasteiger partial charge in [-0.2, -0.15) is 15.0 Å². The first-order chi connectivity index (χ1) is 16.9. The second kappa shape index (κ2) is 10.9. The van der Waals surface area contributed by atoms with Crippen molar-refractivity contribution >= 4 is 35.0 Å². The molecule has 0 atom stereocenters. The third kappa shape index (κ3) is 6.25. The molecule has 1 aliphatic heterocycles. The number of amides is 1. The van der Waals surface area contributed by atoms with E-state index in [0.717, 1.165) is 38.1 Å². The highest BCUT2D eigenvalue weighted by Gasteiger charge is 2.17. The van der Waals surface area contributed by atoms with Crippen LogP contribution in [0.2, 0.25) is 0 Å². The molecule has 0 aliphatic carbocycles. The minimum Gasteiger partial charge on any atom is -0.467 e. The molecule has 2 aromatic carbocycles. The fraction of sp³-hybridized carbons (Fsp3) is 0.292. The highest BCUT2D eigenvalue weighted by molar-refractivity contribution is 6.11. The summed E-state index contributed by atoms with van der Waals surface area (Å²) in [5, 5.41) is 5.46. The van der Waals surface area contributed by atoms with Crippen molar-refractivity contribution < 1.29 is 23.1 Å². The van der Waals surface area contributed by atoms with Gasteiger partial charge in [-0.05, 0) is 55.7 Å². The van der Waals surface area contributed by atoms with E-state index in [0.29, 0.717) is 23.1 Å².